The van der Waals surface area contributed by atoms with E-state index in [4.69, 9.17) is 9.47 Å². The molecule has 186 valence electrons. The number of amides is 1. The predicted molar refractivity (Wildman–Crippen MR) is 137 cm³/mol. The number of hydrogen-bond acceptors (Lipinski definition) is 5. The molecule has 1 saturated heterocycles. The molecular weight excluding hydrogens is 464 g/mol. The van der Waals surface area contributed by atoms with Gasteiger partial charge in [-0.1, -0.05) is 43.7 Å². The van der Waals surface area contributed by atoms with Crippen LogP contribution in [0.3, 0.4) is 0 Å². The van der Waals surface area contributed by atoms with Crippen LogP contribution in [0.15, 0.2) is 65.6 Å². The van der Waals surface area contributed by atoms with Crippen molar-refractivity contribution in [1.29, 1.82) is 0 Å². The second-order valence-electron chi connectivity index (χ2n) is 8.74. The monoisotopic (exact) mass is 496 g/mol. The number of hydrogen-bond donors (Lipinski definition) is 1. The molecule has 0 saturated carbocycles. The van der Waals surface area contributed by atoms with Gasteiger partial charge in [-0.15, -0.1) is 0 Å². The molecule has 0 aliphatic carbocycles. The molecule has 0 spiro atoms. The van der Waals surface area contributed by atoms with Crippen molar-refractivity contribution >= 4 is 32.4 Å². The Bertz CT molecular complexity index is 1280. The lowest BCUT2D eigenvalue weighted by atomic mass is 9.97. The van der Waals surface area contributed by atoms with Crippen LogP contribution in [0.4, 0.5) is 5.69 Å². The van der Waals surface area contributed by atoms with Gasteiger partial charge >= 0.3 is 0 Å². The normalized spacial score (nSPS) is 15.1. The third-order valence-corrected chi connectivity index (χ3v) is 8.28. The summed E-state index contributed by atoms with van der Waals surface area (Å²) in [6, 6.07) is 18.2. The number of carbonyl (C=O) groups is 1. The van der Waals surface area contributed by atoms with Gasteiger partial charge in [0.05, 0.1) is 24.3 Å². The topological polar surface area (TPSA) is 84.9 Å². The largest absolute Gasteiger partial charge is 0.497 e. The molecule has 35 heavy (non-hydrogen) atoms. The van der Waals surface area contributed by atoms with Gasteiger partial charge in [-0.25, -0.2) is 8.42 Å². The van der Waals surface area contributed by atoms with Crippen LogP contribution in [0.1, 0.15) is 32.6 Å². The minimum absolute atomic E-state index is 0.138. The molecule has 0 atom stereocenters. The molecule has 0 radical (unpaired) electrons. The highest BCUT2D eigenvalue weighted by atomic mass is 32.2. The van der Waals surface area contributed by atoms with Crippen LogP contribution in [-0.4, -0.2) is 45.4 Å². The Morgan fingerprint density at radius 3 is 2.49 bits per heavy atom. The summed E-state index contributed by atoms with van der Waals surface area (Å²) in [4.78, 5) is 13.3. The van der Waals surface area contributed by atoms with Crippen molar-refractivity contribution in [3.8, 4) is 11.5 Å². The van der Waals surface area contributed by atoms with E-state index in [0.29, 0.717) is 49.7 Å². The van der Waals surface area contributed by atoms with Crippen molar-refractivity contribution in [2.45, 2.75) is 37.5 Å². The number of rotatable bonds is 9. The Hall–Kier alpha value is -3.10. The van der Waals surface area contributed by atoms with Crippen LogP contribution >= 0.6 is 0 Å². The van der Waals surface area contributed by atoms with Gasteiger partial charge in [0.2, 0.25) is 15.9 Å². The average molecular weight is 497 g/mol. The third-order valence-electron chi connectivity index (χ3n) is 6.38. The summed E-state index contributed by atoms with van der Waals surface area (Å²) in [7, 11) is -2.05. The smallest absolute Gasteiger partial charge is 0.243 e. The Balaban J connectivity index is 1.41. The Morgan fingerprint density at radius 2 is 1.77 bits per heavy atom. The van der Waals surface area contributed by atoms with Crippen LogP contribution in [0.25, 0.3) is 10.8 Å². The number of piperidine rings is 1. The summed E-state index contributed by atoms with van der Waals surface area (Å²) >= 11 is 0. The number of unbranched alkanes of at least 4 members (excludes halogenated alkanes) is 1. The number of benzene rings is 3. The van der Waals surface area contributed by atoms with Crippen molar-refractivity contribution in [3.63, 3.8) is 0 Å². The first-order valence-electron chi connectivity index (χ1n) is 12.0. The maximum atomic E-state index is 13.2. The standard InChI is InChI=1S/C27H32N2O5S/c1-3-4-17-34-26-12-10-23(33-2)19-25(26)28-27(30)21-13-15-29(16-14-21)35(31,32)24-11-9-20-7-5-6-8-22(20)18-24/h5-12,18-19,21H,3-4,13-17H2,1-2H3,(H,28,30). The molecule has 7 nitrogen and oxygen atoms in total. The summed E-state index contributed by atoms with van der Waals surface area (Å²) in [5, 5.41) is 4.86. The Kier molecular flexibility index (Phi) is 7.93. The van der Waals surface area contributed by atoms with E-state index in [0.717, 1.165) is 23.6 Å². The van der Waals surface area contributed by atoms with E-state index in [1.165, 1.54) is 4.31 Å². The van der Waals surface area contributed by atoms with Crippen LogP contribution in [-0.2, 0) is 14.8 Å². The highest BCUT2D eigenvalue weighted by molar-refractivity contribution is 7.89. The average Bonchev–Trinajstić information content (AvgIpc) is 2.89. The van der Waals surface area contributed by atoms with Gasteiger partial charge in [0, 0.05) is 25.1 Å². The first kappa shape index (κ1) is 25.0. The molecule has 1 aliphatic rings. The summed E-state index contributed by atoms with van der Waals surface area (Å²) in [5.74, 6) is 0.803. The number of anilines is 1. The molecule has 1 aliphatic heterocycles. The number of nitrogens with zero attached hydrogens (tertiary/aromatic N) is 1. The van der Waals surface area contributed by atoms with Gasteiger partial charge in [0.15, 0.2) is 0 Å². The van der Waals surface area contributed by atoms with E-state index in [9.17, 15) is 13.2 Å². The van der Waals surface area contributed by atoms with Crippen LogP contribution in [0, 0.1) is 5.92 Å². The highest BCUT2D eigenvalue weighted by Crippen LogP contribution is 2.32. The minimum Gasteiger partial charge on any atom is -0.497 e. The molecule has 1 fully saturated rings. The van der Waals surface area contributed by atoms with Gasteiger partial charge in [-0.2, -0.15) is 4.31 Å². The second-order valence-corrected chi connectivity index (χ2v) is 10.7. The van der Waals surface area contributed by atoms with Crippen molar-refractivity contribution in [3.05, 3.63) is 60.7 Å². The fraction of sp³-hybridized carbons (Fsp3) is 0.370. The summed E-state index contributed by atoms with van der Waals surface area (Å²) in [5.41, 5.74) is 0.566. The number of sulfonamides is 1. The molecule has 1 amide bonds. The first-order valence-corrected chi connectivity index (χ1v) is 13.5. The lowest BCUT2D eigenvalue weighted by molar-refractivity contribution is -0.120. The highest BCUT2D eigenvalue weighted by Gasteiger charge is 2.32. The number of fused-ring (bicyclic) bond motifs is 1. The molecule has 8 heteroatoms. The molecule has 0 aromatic heterocycles. The predicted octanol–water partition coefficient (Wildman–Crippen LogP) is 5.07. The Labute approximate surface area is 207 Å². The van der Waals surface area contributed by atoms with E-state index in [-0.39, 0.29) is 16.7 Å². The van der Waals surface area contributed by atoms with Crippen molar-refractivity contribution < 1.29 is 22.7 Å². The first-order chi connectivity index (χ1) is 16.9. The fourth-order valence-electron chi connectivity index (χ4n) is 4.26. The summed E-state index contributed by atoms with van der Waals surface area (Å²) in [6.45, 7) is 3.25. The van der Waals surface area contributed by atoms with Crippen LogP contribution in [0.2, 0.25) is 0 Å². The molecule has 1 N–H and O–H groups in total. The SMILES string of the molecule is CCCCOc1ccc(OC)cc1NC(=O)C1CCN(S(=O)(=O)c2ccc3ccccc3c2)CC1. The summed E-state index contributed by atoms with van der Waals surface area (Å²) < 4.78 is 39.1. The van der Waals surface area contributed by atoms with Gasteiger partial charge < -0.3 is 14.8 Å². The second kappa shape index (κ2) is 11.1. The molecule has 1 heterocycles. The lowest BCUT2D eigenvalue weighted by Gasteiger charge is -2.30. The number of methoxy groups -OCH3 is 1. The quantitative estimate of drug-likeness (QED) is 0.418. The van der Waals surface area contributed by atoms with Crippen molar-refractivity contribution in [1.82, 2.24) is 4.31 Å². The van der Waals surface area contributed by atoms with Crippen LogP contribution < -0.4 is 14.8 Å². The minimum atomic E-state index is -3.62. The molecule has 0 unspecified atom stereocenters. The molecule has 3 aromatic carbocycles. The van der Waals surface area contributed by atoms with Crippen LogP contribution in [0.5, 0.6) is 11.5 Å². The van der Waals surface area contributed by atoms with E-state index in [2.05, 4.69) is 12.2 Å². The number of nitrogens with one attached hydrogen (secondary N) is 1. The Morgan fingerprint density at radius 1 is 1.03 bits per heavy atom. The third kappa shape index (κ3) is 5.77. The zero-order chi connectivity index (χ0) is 24.8. The van der Waals surface area contributed by atoms with E-state index in [1.807, 2.05) is 30.3 Å². The lowest BCUT2D eigenvalue weighted by Crippen LogP contribution is -2.41. The molecule has 4 rings (SSSR count). The number of ether oxygens (including phenoxy) is 2. The summed E-state index contributed by atoms with van der Waals surface area (Å²) in [6.07, 6.45) is 2.84. The van der Waals surface area contributed by atoms with E-state index in [1.54, 1.807) is 37.4 Å². The molecule has 0 bridgehead atoms. The molecular formula is C27H32N2O5S. The fourth-order valence-corrected chi connectivity index (χ4v) is 5.76. The zero-order valence-electron chi connectivity index (χ0n) is 20.2. The maximum absolute atomic E-state index is 13.2. The maximum Gasteiger partial charge on any atom is 0.243 e. The van der Waals surface area contributed by atoms with Gasteiger partial charge in [-0.3, -0.25) is 4.79 Å². The van der Waals surface area contributed by atoms with Gasteiger partial charge in [0.25, 0.3) is 0 Å². The van der Waals surface area contributed by atoms with E-state index < -0.39 is 10.0 Å². The van der Waals surface area contributed by atoms with Crippen molar-refractivity contribution in [2.75, 3.05) is 32.1 Å². The zero-order valence-corrected chi connectivity index (χ0v) is 21.0. The van der Waals surface area contributed by atoms with Crippen molar-refractivity contribution in [2.24, 2.45) is 5.92 Å². The van der Waals surface area contributed by atoms with Gasteiger partial charge in [-0.05, 0) is 54.3 Å². The molecule has 3 aromatic rings. The van der Waals surface area contributed by atoms with E-state index >= 15 is 0 Å². The number of carbonyl (C=O) groups excluding carboxylic acids is 1. The van der Waals surface area contributed by atoms with Gasteiger partial charge in [0.1, 0.15) is 11.5 Å².